The normalized spacial score (nSPS) is 11.6. The Kier molecular flexibility index (Phi) is 5.56. The van der Waals surface area contributed by atoms with Crippen LogP contribution in [0, 0.1) is 13.8 Å². The van der Waals surface area contributed by atoms with Crippen molar-refractivity contribution < 1.29 is 8.42 Å². The van der Waals surface area contributed by atoms with Crippen LogP contribution in [0.3, 0.4) is 0 Å². The van der Waals surface area contributed by atoms with Crippen molar-refractivity contribution in [2.75, 3.05) is 10.0 Å². The topological polar surface area (TPSA) is 85.1 Å². The molecule has 2 N–H and O–H groups in total. The van der Waals surface area contributed by atoms with E-state index in [-0.39, 0.29) is 10.6 Å². The highest BCUT2D eigenvalue weighted by Crippen LogP contribution is 2.31. The molecule has 0 aliphatic rings. The zero-order chi connectivity index (χ0) is 23.0. The van der Waals surface area contributed by atoms with Crippen LogP contribution in [0.15, 0.2) is 70.4 Å². The molecule has 166 valence electrons. The molecule has 0 unspecified atom stereocenters. The third-order valence-corrected chi connectivity index (χ3v) is 7.13. The van der Waals surface area contributed by atoms with Crippen molar-refractivity contribution >= 4 is 32.4 Å². The number of fused-ring (bicyclic) bond motifs is 1. The summed E-state index contributed by atoms with van der Waals surface area (Å²) >= 11 is 0. The molecule has 0 amide bonds. The van der Waals surface area contributed by atoms with E-state index in [0.29, 0.717) is 34.5 Å². The lowest BCUT2D eigenvalue weighted by Crippen LogP contribution is -2.19. The molecule has 4 aromatic rings. The minimum Gasteiger partial charge on any atom is -0.379 e. The molecule has 32 heavy (non-hydrogen) atoms. The summed E-state index contributed by atoms with van der Waals surface area (Å²) in [4.78, 5) is 12.7. The van der Waals surface area contributed by atoms with E-state index in [2.05, 4.69) is 10.0 Å². The van der Waals surface area contributed by atoms with Crippen LogP contribution in [0.4, 0.5) is 11.4 Å². The van der Waals surface area contributed by atoms with Crippen molar-refractivity contribution in [1.29, 1.82) is 0 Å². The maximum absolute atomic E-state index is 13.2. The van der Waals surface area contributed by atoms with Gasteiger partial charge in [0.05, 0.1) is 27.3 Å². The molecule has 0 saturated heterocycles. The summed E-state index contributed by atoms with van der Waals surface area (Å²) in [6, 6.07) is 18.6. The SMILES string of the molecule is Cc1ccc(S(=O)(=O)Nc2cc3c(cc2NCc2ccccc2)n(C)c(=O)n3C)c(C)c1. The Bertz CT molecular complexity index is 1470. The number of anilines is 2. The van der Waals surface area contributed by atoms with Crippen LogP contribution in [0.2, 0.25) is 0 Å². The number of imidazole rings is 1. The summed E-state index contributed by atoms with van der Waals surface area (Å²) in [5.41, 5.74) is 4.87. The molecule has 1 heterocycles. The molecule has 4 rings (SSSR count). The molecule has 0 aliphatic heterocycles. The highest BCUT2D eigenvalue weighted by molar-refractivity contribution is 7.92. The number of hydrogen-bond acceptors (Lipinski definition) is 4. The average Bonchev–Trinajstić information content (AvgIpc) is 2.96. The van der Waals surface area contributed by atoms with Gasteiger partial charge in [0.2, 0.25) is 0 Å². The number of nitrogens with zero attached hydrogens (tertiary/aromatic N) is 2. The maximum Gasteiger partial charge on any atom is 0.328 e. The number of aryl methyl sites for hydroxylation is 4. The first kappa shape index (κ1) is 21.7. The number of nitrogens with one attached hydrogen (secondary N) is 2. The molecule has 1 aromatic heterocycles. The second kappa shape index (κ2) is 8.20. The summed E-state index contributed by atoms with van der Waals surface area (Å²) in [5.74, 6) is 0. The molecule has 0 atom stereocenters. The fourth-order valence-corrected chi connectivity index (χ4v) is 5.17. The van der Waals surface area contributed by atoms with Gasteiger partial charge in [-0.25, -0.2) is 13.2 Å². The van der Waals surface area contributed by atoms with Gasteiger partial charge in [-0.05, 0) is 43.2 Å². The highest BCUT2D eigenvalue weighted by atomic mass is 32.2. The van der Waals surface area contributed by atoms with Gasteiger partial charge in [-0.15, -0.1) is 0 Å². The average molecular weight is 451 g/mol. The first-order valence-corrected chi connectivity index (χ1v) is 11.7. The van der Waals surface area contributed by atoms with Crippen LogP contribution in [0.25, 0.3) is 11.0 Å². The summed E-state index contributed by atoms with van der Waals surface area (Å²) in [6.45, 7) is 4.21. The Morgan fingerprint density at radius 2 is 1.47 bits per heavy atom. The molecule has 0 fully saturated rings. The maximum atomic E-state index is 13.2. The molecular formula is C24H26N4O3S. The first-order valence-electron chi connectivity index (χ1n) is 10.2. The van der Waals surface area contributed by atoms with Crippen molar-refractivity contribution in [3.05, 3.63) is 87.8 Å². The number of hydrogen-bond donors (Lipinski definition) is 2. The molecule has 0 spiro atoms. The van der Waals surface area contributed by atoms with Crippen LogP contribution >= 0.6 is 0 Å². The van der Waals surface area contributed by atoms with E-state index in [1.165, 1.54) is 4.57 Å². The fourth-order valence-electron chi connectivity index (χ4n) is 3.87. The quantitative estimate of drug-likeness (QED) is 0.467. The number of sulfonamides is 1. The first-order chi connectivity index (χ1) is 15.2. The van der Waals surface area contributed by atoms with Gasteiger partial charge in [0.1, 0.15) is 0 Å². The van der Waals surface area contributed by atoms with E-state index in [1.807, 2.05) is 43.3 Å². The molecule has 8 heteroatoms. The number of aromatic nitrogens is 2. The molecule has 0 bridgehead atoms. The Morgan fingerprint density at radius 3 is 2.09 bits per heavy atom. The number of benzene rings is 3. The van der Waals surface area contributed by atoms with Crippen LogP contribution in [0.5, 0.6) is 0 Å². The molecule has 0 saturated carbocycles. The summed E-state index contributed by atoms with van der Waals surface area (Å²) < 4.78 is 32.3. The van der Waals surface area contributed by atoms with Crippen molar-refractivity contribution in [3.63, 3.8) is 0 Å². The van der Waals surface area contributed by atoms with Crippen molar-refractivity contribution in [2.24, 2.45) is 14.1 Å². The van der Waals surface area contributed by atoms with Crippen LogP contribution in [-0.2, 0) is 30.7 Å². The van der Waals surface area contributed by atoms with E-state index in [1.54, 1.807) is 49.9 Å². The predicted octanol–water partition coefficient (Wildman–Crippen LogP) is 3.91. The van der Waals surface area contributed by atoms with E-state index in [9.17, 15) is 13.2 Å². The van der Waals surface area contributed by atoms with Gasteiger partial charge >= 0.3 is 5.69 Å². The highest BCUT2D eigenvalue weighted by Gasteiger charge is 2.20. The minimum absolute atomic E-state index is 0.177. The van der Waals surface area contributed by atoms with E-state index < -0.39 is 10.0 Å². The third kappa shape index (κ3) is 4.01. The zero-order valence-electron chi connectivity index (χ0n) is 18.5. The minimum atomic E-state index is -3.84. The van der Waals surface area contributed by atoms with Crippen LogP contribution in [-0.4, -0.2) is 17.6 Å². The van der Waals surface area contributed by atoms with Crippen molar-refractivity contribution in [2.45, 2.75) is 25.3 Å². The molecule has 3 aromatic carbocycles. The van der Waals surface area contributed by atoms with E-state index in [4.69, 9.17) is 0 Å². The van der Waals surface area contributed by atoms with Crippen molar-refractivity contribution in [1.82, 2.24) is 9.13 Å². The van der Waals surface area contributed by atoms with Gasteiger partial charge in [-0.2, -0.15) is 0 Å². The summed E-state index contributed by atoms with van der Waals surface area (Å²) in [6.07, 6.45) is 0. The smallest absolute Gasteiger partial charge is 0.328 e. The fraction of sp³-hybridized carbons (Fsp3) is 0.208. The van der Waals surface area contributed by atoms with Gasteiger partial charge in [-0.3, -0.25) is 13.9 Å². The second-order valence-corrected chi connectivity index (χ2v) is 9.65. The lowest BCUT2D eigenvalue weighted by atomic mass is 10.2. The van der Waals surface area contributed by atoms with E-state index in [0.717, 1.165) is 11.1 Å². The third-order valence-electron chi connectivity index (χ3n) is 5.60. The summed E-state index contributed by atoms with van der Waals surface area (Å²) in [5, 5.41) is 3.32. The second-order valence-electron chi connectivity index (χ2n) is 8.00. The molecule has 0 aliphatic carbocycles. The lowest BCUT2D eigenvalue weighted by molar-refractivity contribution is 0.600. The molecule has 0 radical (unpaired) electrons. The number of rotatable bonds is 6. The molecule has 7 nitrogen and oxygen atoms in total. The lowest BCUT2D eigenvalue weighted by Gasteiger charge is -2.16. The van der Waals surface area contributed by atoms with Gasteiger partial charge in [0.25, 0.3) is 10.0 Å². The summed E-state index contributed by atoms with van der Waals surface area (Å²) in [7, 11) is -0.465. The zero-order valence-corrected chi connectivity index (χ0v) is 19.3. The van der Waals surface area contributed by atoms with Gasteiger partial charge in [0.15, 0.2) is 0 Å². The Balaban J connectivity index is 1.80. The Hall–Kier alpha value is -3.52. The Morgan fingerprint density at radius 1 is 0.844 bits per heavy atom. The van der Waals surface area contributed by atoms with Crippen molar-refractivity contribution in [3.8, 4) is 0 Å². The largest absolute Gasteiger partial charge is 0.379 e. The van der Waals surface area contributed by atoms with Crippen LogP contribution < -0.4 is 15.7 Å². The van der Waals surface area contributed by atoms with Gasteiger partial charge < -0.3 is 5.32 Å². The monoisotopic (exact) mass is 450 g/mol. The predicted molar refractivity (Wildman–Crippen MR) is 129 cm³/mol. The van der Waals surface area contributed by atoms with E-state index >= 15 is 0 Å². The Labute approximate surface area is 187 Å². The van der Waals surface area contributed by atoms with Gasteiger partial charge in [-0.1, -0.05) is 48.0 Å². The van der Waals surface area contributed by atoms with Crippen LogP contribution in [0.1, 0.15) is 16.7 Å². The standard InChI is InChI=1S/C24H26N4O3S/c1-16-10-11-23(17(2)12-16)32(30,31)26-20-14-22-21(27(3)24(29)28(22)4)13-19(20)25-15-18-8-6-5-7-9-18/h5-14,25-26H,15H2,1-4H3. The van der Waals surface area contributed by atoms with Gasteiger partial charge in [0, 0.05) is 20.6 Å². The molecular weight excluding hydrogens is 424 g/mol.